The molecule has 0 amide bonds. The van der Waals surface area contributed by atoms with Crippen LogP contribution in [0.3, 0.4) is 0 Å². The molecule has 1 aliphatic carbocycles. The van der Waals surface area contributed by atoms with Crippen molar-refractivity contribution in [2.45, 2.75) is 51.9 Å². The summed E-state index contributed by atoms with van der Waals surface area (Å²) >= 11 is 0. The summed E-state index contributed by atoms with van der Waals surface area (Å²) in [6, 6.07) is 0. The SMILES string of the molecule is CCO/C=C(\C)c1cnc2c(C(=O)O)cnn2c1C1CCCCC1. The molecule has 0 radical (unpaired) electrons. The van der Waals surface area contributed by atoms with Crippen LogP contribution in [0.2, 0.25) is 0 Å². The van der Waals surface area contributed by atoms with Gasteiger partial charge in [-0.15, -0.1) is 0 Å². The second kappa shape index (κ2) is 7.03. The van der Waals surface area contributed by atoms with Gasteiger partial charge in [0.15, 0.2) is 5.65 Å². The number of hydrogen-bond donors (Lipinski definition) is 1. The Balaban J connectivity index is 2.18. The predicted octanol–water partition coefficient (Wildman–Crippen LogP) is 3.87. The van der Waals surface area contributed by atoms with Gasteiger partial charge < -0.3 is 9.84 Å². The maximum absolute atomic E-state index is 11.4. The zero-order chi connectivity index (χ0) is 17.1. The summed E-state index contributed by atoms with van der Waals surface area (Å²) in [5.41, 5.74) is 3.59. The Kier molecular flexibility index (Phi) is 4.83. The van der Waals surface area contributed by atoms with Crippen LogP contribution in [0.15, 0.2) is 18.7 Å². The highest BCUT2D eigenvalue weighted by Crippen LogP contribution is 2.36. The minimum absolute atomic E-state index is 0.144. The van der Waals surface area contributed by atoms with E-state index < -0.39 is 5.97 Å². The molecule has 2 heterocycles. The summed E-state index contributed by atoms with van der Waals surface area (Å²) in [5.74, 6) is -0.632. The number of aromatic carboxylic acids is 1. The molecule has 128 valence electrons. The van der Waals surface area contributed by atoms with Crippen molar-refractivity contribution < 1.29 is 14.6 Å². The predicted molar refractivity (Wildman–Crippen MR) is 91.0 cm³/mol. The van der Waals surface area contributed by atoms with Gasteiger partial charge in [0.25, 0.3) is 0 Å². The largest absolute Gasteiger partial charge is 0.501 e. The van der Waals surface area contributed by atoms with E-state index in [1.165, 1.54) is 25.5 Å². The molecule has 1 fully saturated rings. The zero-order valence-corrected chi connectivity index (χ0v) is 14.2. The summed E-state index contributed by atoms with van der Waals surface area (Å²) in [7, 11) is 0. The molecule has 0 saturated heterocycles. The molecule has 6 nitrogen and oxygen atoms in total. The standard InChI is InChI=1S/C18H23N3O3/c1-3-24-11-12(2)14-9-19-17-15(18(22)23)10-20-21(17)16(14)13-7-5-4-6-8-13/h9-11,13H,3-8H2,1-2H3,(H,22,23)/b12-11+. The summed E-state index contributed by atoms with van der Waals surface area (Å²) in [5, 5.41) is 13.7. The highest BCUT2D eigenvalue weighted by molar-refractivity contribution is 5.94. The van der Waals surface area contributed by atoms with E-state index in [1.54, 1.807) is 17.0 Å². The molecule has 0 unspecified atom stereocenters. The number of nitrogens with zero attached hydrogens (tertiary/aromatic N) is 3. The number of carboxylic acid groups (broad SMARTS) is 1. The number of ether oxygens (including phenoxy) is 1. The normalized spacial score (nSPS) is 16.5. The number of rotatable bonds is 5. The smallest absolute Gasteiger partial charge is 0.341 e. The van der Waals surface area contributed by atoms with Crippen molar-refractivity contribution in [1.82, 2.24) is 14.6 Å². The van der Waals surface area contributed by atoms with E-state index in [-0.39, 0.29) is 5.56 Å². The Morgan fingerprint density at radius 3 is 2.75 bits per heavy atom. The van der Waals surface area contributed by atoms with E-state index in [2.05, 4.69) is 10.1 Å². The van der Waals surface area contributed by atoms with E-state index in [4.69, 9.17) is 4.74 Å². The third-order valence-electron chi connectivity index (χ3n) is 4.64. The lowest BCUT2D eigenvalue weighted by Crippen LogP contribution is -2.14. The Bertz CT molecular complexity index is 773. The molecule has 0 atom stereocenters. The monoisotopic (exact) mass is 329 g/mol. The molecule has 2 aromatic rings. The van der Waals surface area contributed by atoms with Crippen LogP contribution in [0.5, 0.6) is 0 Å². The first kappa shape index (κ1) is 16.5. The number of fused-ring (bicyclic) bond motifs is 1. The van der Waals surface area contributed by atoms with E-state index in [1.807, 2.05) is 13.8 Å². The van der Waals surface area contributed by atoms with Gasteiger partial charge in [0.05, 0.1) is 24.8 Å². The van der Waals surface area contributed by atoms with E-state index in [9.17, 15) is 9.90 Å². The fourth-order valence-corrected chi connectivity index (χ4v) is 3.44. The van der Waals surface area contributed by atoms with Crippen molar-refractivity contribution in [3.8, 4) is 0 Å². The fourth-order valence-electron chi connectivity index (χ4n) is 3.44. The highest BCUT2D eigenvalue weighted by atomic mass is 16.5. The second-order valence-corrected chi connectivity index (χ2v) is 6.25. The van der Waals surface area contributed by atoms with Gasteiger partial charge in [0.1, 0.15) is 5.56 Å². The van der Waals surface area contributed by atoms with Gasteiger partial charge >= 0.3 is 5.97 Å². The molecule has 1 aliphatic rings. The molecule has 0 aromatic carbocycles. The third kappa shape index (κ3) is 3.00. The van der Waals surface area contributed by atoms with Gasteiger partial charge in [-0.05, 0) is 32.3 Å². The number of allylic oxidation sites excluding steroid dienone is 1. The maximum atomic E-state index is 11.4. The number of hydrogen-bond acceptors (Lipinski definition) is 4. The quantitative estimate of drug-likeness (QED) is 0.843. The Hall–Kier alpha value is -2.37. The summed E-state index contributed by atoms with van der Waals surface area (Å²) in [4.78, 5) is 15.8. The lowest BCUT2D eigenvalue weighted by Gasteiger charge is -2.25. The van der Waals surface area contributed by atoms with Gasteiger partial charge in [0, 0.05) is 17.7 Å². The van der Waals surface area contributed by atoms with E-state index >= 15 is 0 Å². The van der Waals surface area contributed by atoms with Crippen LogP contribution >= 0.6 is 0 Å². The fraction of sp³-hybridized carbons (Fsp3) is 0.500. The van der Waals surface area contributed by atoms with Crippen molar-refractivity contribution in [2.24, 2.45) is 0 Å². The first-order valence-corrected chi connectivity index (χ1v) is 8.52. The Morgan fingerprint density at radius 2 is 2.08 bits per heavy atom. The number of carboxylic acids is 1. The van der Waals surface area contributed by atoms with Crippen LogP contribution in [0.25, 0.3) is 11.2 Å². The van der Waals surface area contributed by atoms with Crippen LogP contribution in [-0.4, -0.2) is 32.3 Å². The molecular formula is C18H23N3O3. The molecule has 0 spiro atoms. The lowest BCUT2D eigenvalue weighted by atomic mass is 9.84. The van der Waals surface area contributed by atoms with Crippen LogP contribution < -0.4 is 0 Å². The van der Waals surface area contributed by atoms with Crippen LogP contribution in [0.4, 0.5) is 0 Å². The molecule has 2 aromatic heterocycles. The number of aromatic nitrogens is 3. The number of carbonyl (C=O) groups is 1. The van der Waals surface area contributed by atoms with E-state index in [0.717, 1.165) is 29.7 Å². The molecule has 1 N–H and O–H groups in total. The van der Waals surface area contributed by atoms with E-state index in [0.29, 0.717) is 18.2 Å². The lowest BCUT2D eigenvalue weighted by molar-refractivity contribution is 0.0698. The Labute approximate surface area is 141 Å². The molecule has 0 aliphatic heterocycles. The summed E-state index contributed by atoms with van der Waals surface area (Å²) < 4.78 is 7.15. The summed E-state index contributed by atoms with van der Waals surface area (Å²) in [6.45, 7) is 4.54. The van der Waals surface area contributed by atoms with Crippen LogP contribution in [0.1, 0.15) is 73.5 Å². The van der Waals surface area contributed by atoms with Crippen molar-refractivity contribution in [1.29, 1.82) is 0 Å². The van der Waals surface area contributed by atoms with Crippen molar-refractivity contribution in [3.05, 3.63) is 35.5 Å². The minimum Gasteiger partial charge on any atom is -0.501 e. The molecule has 3 rings (SSSR count). The Morgan fingerprint density at radius 1 is 1.33 bits per heavy atom. The van der Waals surface area contributed by atoms with Crippen molar-refractivity contribution in [3.63, 3.8) is 0 Å². The topological polar surface area (TPSA) is 76.7 Å². The summed E-state index contributed by atoms with van der Waals surface area (Å²) in [6.07, 6.45) is 10.7. The van der Waals surface area contributed by atoms with Crippen molar-refractivity contribution in [2.75, 3.05) is 6.61 Å². The van der Waals surface area contributed by atoms with Gasteiger partial charge in [-0.3, -0.25) is 0 Å². The first-order valence-electron chi connectivity index (χ1n) is 8.52. The minimum atomic E-state index is -0.999. The highest BCUT2D eigenvalue weighted by Gasteiger charge is 2.25. The van der Waals surface area contributed by atoms with Gasteiger partial charge in [-0.25, -0.2) is 14.3 Å². The van der Waals surface area contributed by atoms with Crippen LogP contribution in [-0.2, 0) is 4.74 Å². The second-order valence-electron chi connectivity index (χ2n) is 6.25. The van der Waals surface area contributed by atoms with Gasteiger partial charge in [0.2, 0.25) is 0 Å². The van der Waals surface area contributed by atoms with Gasteiger partial charge in [-0.2, -0.15) is 5.10 Å². The molecule has 0 bridgehead atoms. The van der Waals surface area contributed by atoms with Crippen molar-refractivity contribution >= 4 is 17.2 Å². The van der Waals surface area contributed by atoms with Crippen LogP contribution in [0, 0.1) is 0 Å². The first-order chi connectivity index (χ1) is 11.6. The molecule has 24 heavy (non-hydrogen) atoms. The average molecular weight is 329 g/mol. The third-order valence-corrected chi connectivity index (χ3v) is 4.64. The molecule has 1 saturated carbocycles. The molecular weight excluding hydrogens is 306 g/mol. The maximum Gasteiger partial charge on any atom is 0.341 e. The zero-order valence-electron chi connectivity index (χ0n) is 14.2. The average Bonchev–Trinajstić information content (AvgIpc) is 3.03. The molecule has 6 heteroatoms. The van der Waals surface area contributed by atoms with Gasteiger partial charge in [-0.1, -0.05) is 19.3 Å².